The number of nitrogens with zero attached hydrogens (tertiary/aromatic N) is 2. The number of carbonyl (C=O) groups is 2. The highest BCUT2D eigenvalue weighted by atomic mass is 19.3. The highest BCUT2D eigenvalue weighted by Crippen LogP contribution is 2.46. The van der Waals surface area contributed by atoms with Crippen LogP contribution in [0.15, 0.2) is 23.0 Å². The lowest BCUT2D eigenvalue weighted by atomic mass is 9.85. The summed E-state index contributed by atoms with van der Waals surface area (Å²) in [6.45, 7) is 0.733. The second-order valence-corrected chi connectivity index (χ2v) is 9.13. The van der Waals surface area contributed by atoms with Crippen molar-refractivity contribution in [2.24, 2.45) is 0 Å². The highest BCUT2D eigenvalue weighted by molar-refractivity contribution is 5.91. The van der Waals surface area contributed by atoms with Gasteiger partial charge in [-0.25, -0.2) is 9.78 Å². The van der Waals surface area contributed by atoms with Crippen molar-refractivity contribution in [2.45, 2.75) is 45.0 Å². The van der Waals surface area contributed by atoms with E-state index in [-0.39, 0.29) is 54.3 Å². The standard InChI is InChI=1S/C25H21F2N3O8/c1-3-24(38-20(32)7-28-2)15-5-17-21-12(8-30(17)22(33)14(15)10-35-23(24)34)13(9-31)11-4-18-19(6-16(11)29-21)37-25(26,27)36-18/h4-6,28,31H,3,7-10H2,1-2H3. The number of nitrogens with one attached hydrogen (secondary N) is 1. The summed E-state index contributed by atoms with van der Waals surface area (Å²) in [5.74, 6) is -1.92. The van der Waals surface area contributed by atoms with E-state index in [0.717, 1.165) is 0 Å². The molecule has 5 heterocycles. The fraction of sp³-hybridized carbons (Fsp3) is 0.360. The van der Waals surface area contributed by atoms with Crippen molar-refractivity contribution in [2.75, 3.05) is 13.6 Å². The Balaban J connectivity index is 1.57. The number of benzene rings is 1. The topological polar surface area (TPSA) is 138 Å². The zero-order valence-corrected chi connectivity index (χ0v) is 20.2. The van der Waals surface area contributed by atoms with Crippen LogP contribution in [0.3, 0.4) is 0 Å². The molecule has 0 bridgehead atoms. The molecule has 0 aliphatic carbocycles. The fourth-order valence-corrected chi connectivity index (χ4v) is 5.32. The summed E-state index contributed by atoms with van der Waals surface area (Å²) in [5, 5.41) is 13.3. The summed E-state index contributed by atoms with van der Waals surface area (Å²) in [6.07, 6.45) is -3.82. The molecule has 38 heavy (non-hydrogen) atoms. The van der Waals surface area contributed by atoms with E-state index in [1.54, 1.807) is 20.0 Å². The van der Waals surface area contributed by atoms with Gasteiger partial charge in [-0.2, -0.15) is 0 Å². The molecule has 0 fully saturated rings. The molecule has 13 heteroatoms. The molecular weight excluding hydrogens is 508 g/mol. The minimum atomic E-state index is -3.83. The first-order valence-electron chi connectivity index (χ1n) is 11.8. The molecule has 2 aromatic heterocycles. The van der Waals surface area contributed by atoms with Gasteiger partial charge in [-0.3, -0.25) is 9.59 Å². The highest BCUT2D eigenvalue weighted by Gasteiger charge is 2.50. The maximum Gasteiger partial charge on any atom is 0.586 e. The summed E-state index contributed by atoms with van der Waals surface area (Å²) in [7, 11) is 1.55. The van der Waals surface area contributed by atoms with Gasteiger partial charge in [0.2, 0.25) is 5.60 Å². The van der Waals surface area contributed by atoms with E-state index in [1.165, 1.54) is 16.7 Å². The summed E-state index contributed by atoms with van der Waals surface area (Å²) >= 11 is 0. The molecule has 3 aliphatic rings. The van der Waals surface area contributed by atoms with Crippen LogP contribution in [0, 0.1) is 0 Å². The first-order valence-corrected chi connectivity index (χ1v) is 11.8. The molecule has 6 rings (SSSR count). The second kappa shape index (κ2) is 8.20. The number of hydrogen-bond acceptors (Lipinski definition) is 10. The van der Waals surface area contributed by atoms with Crippen LogP contribution in [0.4, 0.5) is 8.78 Å². The van der Waals surface area contributed by atoms with Crippen LogP contribution in [0.25, 0.3) is 22.3 Å². The van der Waals surface area contributed by atoms with E-state index < -0.39 is 36.0 Å². The number of hydrogen-bond donors (Lipinski definition) is 2. The Hall–Kier alpha value is -4.10. The third kappa shape index (κ3) is 3.31. The van der Waals surface area contributed by atoms with Gasteiger partial charge in [0.25, 0.3) is 5.56 Å². The van der Waals surface area contributed by atoms with Crippen molar-refractivity contribution in [3.05, 3.63) is 50.8 Å². The Morgan fingerprint density at radius 3 is 2.63 bits per heavy atom. The van der Waals surface area contributed by atoms with E-state index in [9.17, 15) is 28.3 Å². The molecule has 1 unspecified atom stereocenters. The summed E-state index contributed by atoms with van der Waals surface area (Å²) in [6, 6.07) is 4.16. The quantitative estimate of drug-likeness (QED) is 0.367. The van der Waals surface area contributed by atoms with Crippen LogP contribution in [0.1, 0.15) is 35.6 Å². The predicted octanol–water partition coefficient (Wildman–Crippen LogP) is 1.66. The molecule has 0 spiro atoms. The monoisotopic (exact) mass is 529 g/mol. The van der Waals surface area contributed by atoms with E-state index in [2.05, 4.69) is 19.8 Å². The Morgan fingerprint density at radius 2 is 1.95 bits per heavy atom. The van der Waals surface area contributed by atoms with Crippen molar-refractivity contribution in [1.82, 2.24) is 14.9 Å². The number of aliphatic hydroxyl groups is 1. The normalized spacial score (nSPS) is 20.1. The molecule has 0 radical (unpaired) electrons. The molecule has 3 aromatic rings. The summed E-state index contributed by atoms with van der Waals surface area (Å²) in [4.78, 5) is 43.7. The van der Waals surface area contributed by atoms with Gasteiger partial charge in [-0.05, 0) is 31.2 Å². The molecule has 11 nitrogen and oxygen atoms in total. The number of pyridine rings is 2. The van der Waals surface area contributed by atoms with E-state index >= 15 is 0 Å². The Labute approximate surface area is 212 Å². The van der Waals surface area contributed by atoms with E-state index in [4.69, 9.17) is 9.47 Å². The molecule has 2 N–H and O–H groups in total. The van der Waals surface area contributed by atoms with Gasteiger partial charge >= 0.3 is 18.2 Å². The minimum Gasteiger partial charge on any atom is -0.457 e. The van der Waals surface area contributed by atoms with Crippen molar-refractivity contribution in [3.63, 3.8) is 0 Å². The molecule has 1 aromatic carbocycles. The van der Waals surface area contributed by atoms with Crippen molar-refractivity contribution in [3.8, 4) is 22.9 Å². The largest absolute Gasteiger partial charge is 0.586 e. The maximum absolute atomic E-state index is 13.7. The zero-order chi connectivity index (χ0) is 27.0. The molecule has 198 valence electrons. The number of aliphatic hydroxyl groups excluding tert-OH is 1. The predicted molar refractivity (Wildman–Crippen MR) is 124 cm³/mol. The first-order chi connectivity index (χ1) is 18.1. The number of aromatic nitrogens is 2. The average Bonchev–Trinajstić information content (AvgIpc) is 3.38. The Bertz CT molecular complexity index is 1620. The van der Waals surface area contributed by atoms with E-state index in [1.807, 2.05) is 0 Å². The lowest BCUT2D eigenvalue weighted by Gasteiger charge is -2.35. The smallest absolute Gasteiger partial charge is 0.457 e. The number of alkyl halides is 2. The molecule has 1 atom stereocenters. The molecule has 0 amide bonds. The molecule has 0 saturated carbocycles. The first kappa shape index (κ1) is 24.2. The van der Waals surface area contributed by atoms with Crippen molar-refractivity contribution < 1.29 is 42.4 Å². The Kier molecular flexibility index (Phi) is 5.23. The van der Waals surface area contributed by atoms with Crippen molar-refractivity contribution >= 4 is 22.8 Å². The van der Waals surface area contributed by atoms with Gasteiger partial charge in [-0.1, -0.05) is 6.92 Å². The van der Waals surface area contributed by atoms with Crippen LogP contribution in [-0.2, 0) is 44.4 Å². The Morgan fingerprint density at radius 1 is 1.21 bits per heavy atom. The average molecular weight is 529 g/mol. The third-order valence-electron chi connectivity index (χ3n) is 7.06. The number of rotatable bonds is 5. The van der Waals surface area contributed by atoms with Gasteiger partial charge in [0.15, 0.2) is 11.5 Å². The molecular formula is C25H21F2N3O8. The van der Waals surface area contributed by atoms with Gasteiger partial charge in [0.1, 0.15) is 6.61 Å². The van der Waals surface area contributed by atoms with Crippen LogP contribution in [0.2, 0.25) is 0 Å². The minimum absolute atomic E-state index is 0.00869. The van der Waals surface area contributed by atoms with Gasteiger partial charge in [0.05, 0.1) is 42.2 Å². The second-order valence-electron chi connectivity index (χ2n) is 9.13. The number of cyclic esters (lactones) is 1. The van der Waals surface area contributed by atoms with Gasteiger partial charge in [0, 0.05) is 22.6 Å². The summed E-state index contributed by atoms with van der Waals surface area (Å²) in [5.41, 5.74) is -0.194. The van der Waals surface area contributed by atoms with E-state index in [0.29, 0.717) is 27.9 Å². The SMILES string of the molecule is CCC1(OC(=O)CNC)C(=O)OCc2c1cc1n(c2=O)Cc2c-1nc1cc3c(cc1c2CO)OC(F)(F)O3. The molecule has 3 aliphatic heterocycles. The lowest BCUT2D eigenvalue weighted by Crippen LogP contribution is -2.48. The number of likely N-dealkylation sites (N-methyl/N-ethyl adjacent to an activating group) is 1. The fourth-order valence-electron chi connectivity index (χ4n) is 5.32. The van der Waals surface area contributed by atoms with Gasteiger partial charge in [-0.15, -0.1) is 8.78 Å². The number of esters is 2. The number of fused-ring (bicyclic) bond motifs is 6. The summed E-state index contributed by atoms with van der Waals surface area (Å²) < 4.78 is 48.7. The lowest BCUT2D eigenvalue weighted by molar-refractivity contribution is -0.286. The van der Waals surface area contributed by atoms with Gasteiger partial charge < -0.3 is 33.9 Å². The molecule has 0 saturated heterocycles. The van der Waals surface area contributed by atoms with Crippen molar-refractivity contribution in [1.29, 1.82) is 0 Å². The number of carbonyl (C=O) groups excluding carboxylic acids is 2. The number of ether oxygens (including phenoxy) is 4. The maximum atomic E-state index is 13.7. The van der Waals surface area contributed by atoms with Crippen LogP contribution < -0.4 is 20.3 Å². The van der Waals surface area contributed by atoms with Crippen LogP contribution in [-0.4, -0.2) is 46.5 Å². The van der Waals surface area contributed by atoms with Crippen LogP contribution in [0.5, 0.6) is 11.5 Å². The third-order valence-corrected chi connectivity index (χ3v) is 7.06. The number of halogens is 2. The van der Waals surface area contributed by atoms with Crippen LogP contribution >= 0.6 is 0 Å². The zero-order valence-electron chi connectivity index (χ0n) is 20.2.